The molecule has 0 atom stereocenters. The van der Waals surface area contributed by atoms with Gasteiger partial charge in [-0.2, -0.15) is 0 Å². The minimum absolute atomic E-state index is 0.0959. The van der Waals surface area contributed by atoms with Crippen molar-refractivity contribution in [2.24, 2.45) is 0 Å². The van der Waals surface area contributed by atoms with Crippen LogP contribution in [0.4, 0.5) is 10.5 Å². The molecule has 0 aliphatic carbocycles. The van der Waals surface area contributed by atoms with Crippen LogP contribution in [0.3, 0.4) is 0 Å². The third kappa shape index (κ3) is 2.30. The summed E-state index contributed by atoms with van der Waals surface area (Å²) < 4.78 is 0. The van der Waals surface area contributed by atoms with Gasteiger partial charge < -0.3 is 5.32 Å². The summed E-state index contributed by atoms with van der Waals surface area (Å²) in [5.41, 5.74) is 0.590. The number of carbonyl (C=O) groups excluding carboxylic acids is 3. The predicted molar refractivity (Wildman–Crippen MR) is 66.9 cm³/mol. The molecule has 2 rings (SSSR count). The number of rotatable bonds is 2. The van der Waals surface area contributed by atoms with Crippen LogP contribution in [0.15, 0.2) is 36.3 Å². The minimum Gasteiger partial charge on any atom is -0.361 e. The second kappa shape index (κ2) is 4.89. The number of pyridine rings is 1. The molecule has 1 aromatic rings. The standard InChI is InChI=1S/C12H12N4O3/c1-15-10(17)9(11(18)16(2)12(15)19)7-14-8-3-5-13-6-4-8/h3-7H,1-2H3,(H,13,14). The molecule has 2 heterocycles. The number of barbiturate groups is 1. The highest BCUT2D eigenvalue weighted by Crippen LogP contribution is 2.15. The average molecular weight is 260 g/mol. The molecule has 98 valence electrons. The lowest BCUT2D eigenvalue weighted by Gasteiger charge is -2.28. The summed E-state index contributed by atoms with van der Waals surface area (Å²) in [6, 6.07) is 2.73. The van der Waals surface area contributed by atoms with Gasteiger partial charge in [-0.1, -0.05) is 0 Å². The highest BCUT2D eigenvalue weighted by Gasteiger charge is 2.37. The second-order valence-electron chi connectivity index (χ2n) is 3.95. The van der Waals surface area contributed by atoms with E-state index >= 15 is 0 Å². The fourth-order valence-corrected chi connectivity index (χ4v) is 1.58. The Morgan fingerprint density at radius 2 is 1.58 bits per heavy atom. The van der Waals surface area contributed by atoms with E-state index in [-0.39, 0.29) is 5.57 Å². The SMILES string of the molecule is CN1C(=O)C(=CNc2ccncc2)C(=O)N(C)C1=O. The number of amides is 4. The van der Waals surface area contributed by atoms with Crippen LogP contribution in [0.5, 0.6) is 0 Å². The summed E-state index contributed by atoms with van der Waals surface area (Å²) in [7, 11) is 2.65. The van der Waals surface area contributed by atoms with E-state index in [4.69, 9.17) is 0 Å². The van der Waals surface area contributed by atoms with Crippen molar-refractivity contribution in [1.29, 1.82) is 0 Å². The van der Waals surface area contributed by atoms with Crippen LogP contribution >= 0.6 is 0 Å². The van der Waals surface area contributed by atoms with Gasteiger partial charge in [-0.15, -0.1) is 0 Å². The van der Waals surface area contributed by atoms with Gasteiger partial charge >= 0.3 is 6.03 Å². The molecular weight excluding hydrogens is 248 g/mol. The zero-order chi connectivity index (χ0) is 14.0. The van der Waals surface area contributed by atoms with E-state index in [1.165, 1.54) is 20.3 Å². The molecule has 1 aliphatic heterocycles. The first-order chi connectivity index (χ1) is 9.02. The number of anilines is 1. The monoisotopic (exact) mass is 260 g/mol. The topological polar surface area (TPSA) is 82.6 Å². The Bertz CT molecular complexity index is 542. The summed E-state index contributed by atoms with van der Waals surface area (Å²) in [5, 5.41) is 2.82. The van der Waals surface area contributed by atoms with Crippen molar-refractivity contribution < 1.29 is 14.4 Å². The van der Waals surface area contributed by atoms with Gasteiger partial charge in [-0.25, -0.2) is 4.79 Å². The molecule has 7 nitrogen and oxygen atoms in total. The third-order valence-corrected chi connectivity index (χ3v) is 2.71. The second-order valence-corrected chi connectivity index (χ2v) is 3.95. The van der Waals surface area contributed by atoms with Crippen LogP contribution in [0.2, 0.25) is 0 Å². The van der Waals surface area contributed by atoms with Gasteiger partial charge in [0.25, 0.3) is 11.8 Å². The van der Waals surface area contributed by atoms with Gasteiger partial charge in [0, 0.05) is 38.4 Å². The van der Waals surface area contributed by atoms with Gasteiger partial charge in [-0.3, -0.25) is 24.4 Å². The van der Waals surface area contributed by atoms with Crippen molar-refractivity contribution in [2.45, 2.75) is 0 Å². The molecule has 1 aliphatic rings. The Morgan fingerprint density at radius 3 is 2.11 bits per heavy atom. The van der Waals surface area contributed by atoms with Gasteiger partial charge in [0.05, 0.1) is 0 Å². The molecular formula is C12H12N4O3. The Hall–Kier alpha value is -2.70. The first-order valence-electron chi connectivity index (χ1n) is 5.49. The van der Waals surface area contributed by atoms with E-state index in [1.807, 2.05) is 0 Å². The molecule has 0 bridgehead atoms. The van der Waals surface area contributed by atoms with Crippen LogP contribution in [0.1, 0.15) is 0 Å². The van der Waals surface area contributed by atoms with Gasteiger partial charge in [0.1, 0.15) is 5.57 Å². The molecule has 1 fully saturated rings. The number of nitrogens with one attached hydrogen (secondary N) is 1. The molecule has 0 spiro atoms. The highest BCUT2D eigenvalue weighted by atomic mass is 16.2. The van der Waals surface area contributed by atoms with Gasteiger partial charge in [0.2, 0.25) is 0 Å². The van der Waals surface area contributed by atoms with Gasteiger partial charge in [0.15, 0.2) is 0 Å². The molecule has 1 saturated heterocycles. The largest absolute Gasteiger partial charge is 0.361 e. The Morgan fingerprint density at radius 1 is 1.05 bits per heavy atom. The minimum atomic E-state index is -0.643. The van der Waals surface area contributed by atoms with Gasteiger partial charge in [-0.05, 0) is 12.1 Å². The zero-order valence-electron chi connectivity index (χ0n) is 10.5. The molecule has 0 unspecified atom stereocenters. The first-order valence-corrected chi connectivity index (χ1v) is 5.49. The average Bonchev–Trinajstić information content (AvgIpc) is 2.44. The van der Waals surface area contributed by atoms with E-state index in [2.05, 4.69) is 10.3 Å². The molecule has 7 heteroatoms. The summed E-state index contributed by atoms with van der Waals surface area (Å²) in [6.07, 6.45) is 4.44. The lowest BCUT2D eigenvalue weighted by atomic mass is 10.2. The van der Waals surface area contributed by atoms with Crippen molar-refractivity contribution in [3.05, 3.63) is 36.3 Å². The lowest BCUT2D eigenvalue weighted by molar-refractivity contribution is -0.134. The number of imide groups is 2. The van der Waals surface area contributed by atoms with Crippen LogP contribution in [-0.2, 0) is 9.59 Å². The van der Waals surface area contributed by atoms with Crippen LogP contribution in [0, 0.1) is 0 Å². The molecule has 0 saturated carbocycles. The van der Waals surface area contributed by atoms with E-state index in [0.29, 0.717) is 5.69 Å². The maximum absolute atomic E-state index is 11.8. The normalized spacial score (nSPS) is 15.9. The molecule has 1 N–H and O–H groups in total. The van der Waals surface area contributed by atoms with Crippen molar-refractivity contribution in [3.8, 4) is 0 Å². The zero-order valence-corrected chi connectivity index (χ0v) is 10.5. The van der Waals surface area contributed by atoms with Crippen LogP contribution < -0.4 is 5.32 Å². The van der Waals surface area contributed by atoms with Crippen molar-refractivity contribution in [2.75, 3.05) is 19.4 Å². The molecule has 1 aromatic heterocycles. The Kier molecular flexibility index (Phi) is 3.28. The lowest BCUT2D eigenvalue weighted by Crippen LogP contribution is -2.53. The Labute approximate surface area is 109 Å². The summed E-state index contributed by atoms with van der Waals surface area (Å²) in [6.45, 7) is 0. The summed E-state index contributed by atoms with van der Waals surface area (Å²) in [4.78, 5) is 40.8. The number of hydrogen-bond acceptors (Lipinski definition) is 5. The molecule has 0 radical (unpaired) electrons. The number of carbonyl (C=O) groups is 3. The smallest absolute Gasteiger partial charge is 0.333 e. The number of aromatic nitrogens is 1. The van der Waals surface area contributed by atoms with E-state index in [9.17, 15) is 14.4 Å². The molecule has 0 aromatic carbocycles. The number of hydrogen-bond donors (Lipinski definition) is 1. The van der Waals surface area contributed by atoms with Crippen LogP contribution in [0.25, 0.3) is 0 Å². The fourth-order valence-electron chi connectivity index (χ4n) is 1.58. The number of likely N-dealkylation sites (N-methyl/N-ethyl adjacent to an activating group) is 2. The first kappa shape index (κ1) is 12.7. The quantitative estimate of drug-likeness (QED) is 0.616. The van der Waals surface area contributed by atoms with Crippen LogP contribution in [-0.4, -0.2) is 46.7 Å². The van der Waals surface area contributed by atoms with E-state index < -0.39 is 17.8 Å². The molecule has 19 heavy (non-hydrogen) atoms. The highest BCUT2D eigenvalue weighted by molar-refractivity contribution is 6.28. The molecule has 4 amide bonds. The third-order valence-electron chi connectivity index (χ3n) is 2.71. The van der Waals surface area contributed by atoms with E-state index in [0.717, 1.165) is 9.80 Å². The predicted octanol–water partition coefficient (Wildman–Crippen LogP) is 0.428. The van der Waals surface area contributed by atoms with Crippen molar-refractivity contribution in [3.63, 3.8) is 0 Å². The maximum atomic E-state index is 11.8. The number of nitrogens with zero attached hydrogens (tertiary/aromatic N) is 3. The maximum Gasteiger partial charge on any atom is 0.333 e. The van der Waals surface area contributed by atoms with Crippen molar-refractivity contribution in [1.82, 2.24) is 14.8 Å². The summed E-state index contributed by atoms with van der Waals surface area (Å²) >= 11 is 0. The fraction of sp³-hybridized carbons (Fsp3) is 0.167. The van der Waals surface area contributed by atoms with Crippen molar-refractivity contribution >= 4 is 23.5 Å². The Balaban J connectivity index is 2.25. The number of urea groups is 1. The summed E-state index contributed by atoms with van der Waals surface area (Å²) in [5.74, 6) is -1.26. The van der Waals surface area contributed by atoms with E-state index in [1.54, 1.807) is 24.5 Å².